The maximum absolute atomic E-state index is 5.04. The van der Waals surface area contributed by atoms with Crippen LogP contribution in [-0.4, -0.2) is 18.6 Å². The lowest BCUT2D eigenvalue weighted by Gasteiger charge is -2.16. The number of ether oxygens (including phenoxy) is 1. The summed E-state index contributed by atoms with van der Waals surface area (Å²) < 4.78 is 5.04. The molecular weight excluding hydrogens is 152 g/mol. The largest absolute Gasteiger partial charge is 0.481 e. The Morgan fingerprint density at radius 3 is 3.25 bits per heavy atom. The van der Waals surface area contributed by atoms with Gasteiger partial charge in [0.1, 0.15) is 0 Å². The van der Waals surface area contributed by atoms with Gasteiger partial charge < -0.3 is 10.1 Å². The fourth-order valence-electron chi connectivity index (χ4n) is 1.43. The number of anilines is 1. The standard InChI is InChI=1S/C9H12N2O/c1-12-9-5-4-7-8(11-9)3-2-6-10-7/h4-5,10H,2-3,6H2,1H3. The summed E-state index contributed by atoms with van der Waals surface area (Å²) in [5.41, 5.74) is 2.28. The van der Waals surface area contributed by atoms with Crippen LogP contribution in [0.2, 0.25) is 0 Å². The minimum absolute atomic E-state index is 0.706. The summed E-state index contributed by atoms with van der Waals surface area (Å²) >= 11 is 0. The molecule has 0 spiro atoms. The lowest BCUT2D eigenvalue weighted by Crippen LogP contribution is -2.13. The van der Waals surface area contributed by atoms with Gasteiger partial charge in [0, 0.05) is 12.6 Å². The number of fused-ring (bicyclic) bond motifs is 1. The van der Waals surface area contributed by atoms with Crippen molar-refractivity contribution in [1.82, 2.24) is 4.98 Å². The number of nitrogens with one attached hydrogen (secondary N) is 1. The highest BCUT2D eigenvalue weighted by atomic mass is 16.5. The van der Waals surface area contributed by atoms with E-state index in [0.29, 0.717) is 5.88 Å². The van der Waals surface area contributed by atoms with Crippen molar-refractivity contribution >= 4 is 5.69 Å². The summed E-state index contributed by atoms with van der Waals surface area (Å²) in [6.45, 7) is 1.06. The number of aryl methyl sites for hydroxylation is 1. The molecule has 0 aromatic carbocycles. The van der Waals surface area contributed by atoms with Gasteiger partial charge in [-0.25, -0.2) is 4.98 Å². The highest BCUT2D eigenvalue weighted by Gasteiger charge is 2.09. The van der Waals surface area contributed by atoms with Crippen LogP contribution in [0.3, 0.4) is 0 Å². The highest BCUT2D eigenvalue weighted by Crippen LogP contribution is 2.22. The van der Waals surface area contributed by atoms with E-state index in [-0.39, 0.29) is 0 Å². The van der Waals surface area contributed by atoms with Gasteiger partial charge in [-0.3, -0.25) is 0 Å². The number of nitrogens with zero attached hydrogens (tertiary/aromatic N) is 1. The van der Waals surface area contributed by atoms with E-state index in [1.165, 1.54) is 0 Å². The highest BCUT2D eigenvalue weighted by molar-refractivity contribution is 5.50. The van der Waals surface area contributed by atoms with Crippen LogP contribution >= 0.6 is 0 Å². The Morgan fingerprint density at radius 2 is 2.42 bits per heavy atom. The third kappa shape index (κ3) is 1.22. The maximum Gasteiger partial charge on any atom is 0.213 e. The zero-order chi connectivity index (χ0) is 8.39. The van der Waals surface area contributed by atoms with Crippen molar-refractivity contribution in [2.24, 2.45) is 0 Å². The van der Waals surface area contributed by atoms with Crippen LogP contribution in [0.15, 0.2) is 12.1 Å². The quantitative estimate of drug-likeness (QED) is 0.682. The van der Waals surface area contributed by atoms with E-state index in [0.717, 1.165) is 30.8 Å². The second kappa shape index (κ2) is 3.01. The summed E-state index contributed by atoms with van der Waals surface area (Å²) in [5, 5.41) is 3.30. The molecule has 1 aliphatic rings. The summed E-state index contributed by atoms with van der Waals surface area (Å²) in [6, 6.07) is 3.91. The number of hydrogen-bond donors (Lipinski definition) is 1. The molecule has 0 aliphatic carbocycles. The van der Waals surface area contributed by atoms with Crippen LogP contribution in [0.25, 0.3) is 0 Å². The lowest BCUT2D eigenvalue weighted by atomic mass is 10.1. The minimum Gasteiger partial charge on any atom is -0.481 e. The third-order valence-electron chi connectivity index (χ3n) is 2.06. The first kappa shape index (κ1) is 7.40. The Morgan fingerprint density at radius 1 is 1.50 bits per heavy atom. The molecule has 1 aromatic rings. The molecule has 0 unspecified atom stereocenters. The van der Waals surface area contributed by atoms with Gasteiger partial charge in [-0.05, 0) is 18.9 Å². The molecule has 0 amide bonds. The van der Waals surface area contributed by atoms with E-state index < -0.39 is 0 Å². The van der Waals surface area contributed by atoms with Crippen LogP contribution < -0.4 is 10.1 Å². The van der Waals surface area contributed by atoms with Crippen LogP contribution in [-0.2, 0) is 6.42 Å². The van der Waals surface area contributed by atoms with Gasteiger partial charge >= 0.3 is 0 Å². The molecule has 2 heterocycles. The molecule has 1 aliphatic heterocycles. The summed E-state index contributed by atoms with van der Waals surface area (Å²) in [5.74, 6) is 0.706. The minimum atomic E-state index is 0.706. The molecule has 3 heteroatoms. The molecule has 3 nitrogen and oxygen atoms in total. The maximum atomic E-state index is 5.04. The van der Waals surface area contributed by atoms with Crippen molar-refractivity contribution < 1.29 is 4.74 Å². The number of aromatic nitrogens is 1. The normalized spacial score (nSPS) is 14.8. The van der Waals surface area contributed by atoms with Crippen molar-refractivity contribution in [3.8, 4) is 5.88 Å². The molecular formula is C9H12N2O. The van der Waals surface area contributed by atoms with Gasteiger partial charge in [-0.2, -0.15) is 0 Å². The monoisotopic (exact) mass is 164 g/mol. The number of rotatable bonds is 1. The average molecular weight is 164 g/mol. The number of methoxy groups -OCH3 is 1. The van der Waals surface area contributed by atoms with Crippen molar-refractivity contribution in [3.63, 3.8) is 0 Å². The van der Waals surface area contributed by atoms with E-state index in [1.807, 2.05) is 12.1 Å². The lowest BCUT2D eigenvalue weighted by molar-refractivity contribution is 0.396. The Labute approximate surface area is 71.8 Å². The second-order valence-electron chi connectivity index (χ2n) is 2.88. The van der Waals surface area contributed by atoms with Crippen LogP contribution in [0.4, 0.5) is 5.69 Å². The molecule has 0 bridgehead atoms. The van der Waals surface area contributed by atoms with Gasteiger partial charge in [0.15, 0.2) is 0 Å². The summed E-state index contributed by atoms with van der Waals surface area (Å²) in [4.78, 5) is 4.35. The SMILES string of the molecule is COc1ccc2c(n1)CCCN2. The molecule has 1 aromatic heterocycles. The van der Waals surface area contributed by atoms with Crippen LogP contribution in [0.1, 0.15) is 12.1 Å². The smallest absolute Gasteiger partial charge is 0.213 e. The molecule has 12 heavy (non-hydrogen) atoms. The first-order chi connectivity index (χ1) is 5.90. The van der Waals surface area contributed by atoms with E-state index in [1.54, 1.807) is 7.11 Å². The Bertz CT molecular complexity index is 286. The molecule has 0 atom stereocenters. The molecule has 64 valence electrons. The van der Waals surface area contributed by atoms with E-state index in [2.05, 4.69) is 10.3 Å². The molecule has 0 fully saturated rings. The number of pyridine rings is 1. The fraction of sp³-hybridized carbons (Fsp3) is 0.444. The third-order valence-corrected chi connectivity index (χ3v) is 2.06. The fourth-order valence-corrected chi connectivity index (χ4v) is 1.43. The van der Waals surface area contributed by atoms with Gasteiger partial charge in [0.2, 0.25) is 5.88 Å². The Hall–Kier alpha value is -1.25. The zero-order valence-electron chi connectivity index (χ0n) is 7.13. The van der Waals surface area contributed by atoms with Gasteiger partial charge in [-0.15, -0.1) is 0 Å². The molecule has 0 saturated carbocycles. The Balaban J connectivity index is 2.36. The van der Waals surface area contributed by atoms with Gasteiger partial charge in [-0.1, -0.05) is 0 Å². The zero-order valence-corrected chi connectivity index (χ0v) is 7.13. The van der Waals surface area contributed by atoms with Crippen molar-refractivity contribution in [2.75, 3.05) is 19.0 Å². The first-order valence-corrected chi connectivity index (χ1v) is 4.18. The molecule has 0 radical (unpaired) electrons. The van der Waals surface area contributed by atoms with Crippen molar-refractivity contribution in [2.45, 2.75) is 12.8 Å². The van der Waals surface area contributed by atoms with E-state index in [4.69, 9.17) is 4.74 Å². The van der Waals surface area contributed by atoms with Crippen LogP contribution in [0.5, 0.6) is 5.88 Å². The molecule has 1 N–H and O–H groups in total. The van der Waals surface area contributed by atoms with Crippen molar-refractivity contribution in [3.05, 3.63) is 17.8 Å². The Kier molecular flexibility index (Phi) is 1.86. The summed E-state index contributed by atoms with van der Waals surface area (Å²) in [7, 11) is 1.64. The predicted molar refractivity (Wildman–Crippen MR) is 47.6 cm³/mol. The average Bonchev–Trinajstić information content (AvgIpc) is 2.17. The van der Waals surface area contributed by atoms with E-state index >= 15 is 0 Å². The van der Waals surface area contributed by atoms with Crippen LogP contribution in [0, 0.1) is 0 Å². The topological polar surface area (TPSA) is 34.1 Å². The molecule has 2 rings (SSSR count). The second-order valence-corrected chi connectivity index (χ2v) is 2.88. The first-order valence-electron chi connectivity index (χ1n) is 4.18. The van der Waals surface area contributed by atoms with Gasteiger partial charge in [0.05, 0.1) is 18.5 Å². The summed E-state index contributed by atoms with van der Waals surface area (Å²) in [6.07, 6.45) is 2.21. The number of hydrogen-bond acceptors (Lipinski definition) is 3. The van der Waals surface area contributed by atoms with E-state index in [9.17, 15) is 0 Å². The van der Waals surface area contributed by atoms with Gasteiger partial charge in [0.25, 0.3) is 0 Å². The molecule has 0 saturated heterocycles. The predicted octanol–water partition coefficient (Wildman–Crippen LogP) is 1.45. The van der Waals surface area contributed by atoms with Crippen molar-refractivity contribution in [1.29, 1.82) is 0 Å².